The smallest absolute Gasteiger partial charge is 0.185 e. The van der Waals surface area contributed by atoms with Crippen LogP contribution in [0.5, 0.6) is 11.5 Å². The zero-order chi connectivity index (χ0) is 18.6. The molecule has 6 N–H and O–H groups in total. The molecule has 0 saturated carbocycles. The van der Waals surface area contributed by atoms with Crippen LogP contribution in [0.4, 0.5) is 0 Å². The fourth-order valence-corrected chi connectivity index (χ4v) is 2.62. The largest absolute Gasteiger partial charge is 0.508 e. The number of aliphatic hydroxyl groups excluding tert-OH is 4. The van der Waals surface area contributed by atoms with Crippen molar-refractivity contribution < 1.29 is 35.4 Å². The molecule has 2 rings (SSSR count). The van der Waals surface area contributed by atoms with Gasteiger partial charge in [0.1, 0.15) is 23.7 Å². The van der Waals surface area contributed by atoms with E-state index in [4.69, 9.17) is 4.74 Å². The summed E-state index contributed by atoms with van der Waals surface area (Å²) in [5.41, 5.74) is 0.407. The topological polar surface area (TPSA) is 131 Å². The lowest BCUT2D eigenvalue weighted by Crippen LogP contribution is -2.35. The predicted octanol–water partition coefficient (Wildman–Crippen LogP) is 0.940. The molecule has 0 saturated heterocycles. The van der Waals surface area contributed by atoms with Gasteiger partial charge in [-0.1, -0.05) is 24.3 Å². The molecule has 138 valence electrons. The number of aliphatic hydroxyl groups is 4. The highest BCUT2D eigenvalue weighted by molar-refractivity contribution is 5.61. The first-order chi connectivity index (χ1) is 11.8. The van der Waals surface area contributed by atoms with Crippen molar-refractivity contribution >= 4 is 6.08 Å². The molecule has 0 fully saturated rings. The van der Waals surface area contributed by atoms with Crippen molar-refractivity contribution in [3.8, 4) is 11.5 Å². The number of phenolic OH excluding ortho intramolecular Hbond substituents is 2. The lowest BCUT2D eigenvalue weighted by atomic mass is 10.0. The van der Waals surface area contributed by atoms with Gasteiger partial charge < -0.3 is 35.4 Å². The number of rotatable bonds is 0. The molecule has 0 aromatic heterocycles. The third kappa shape index (κ3) is 5.04. The molecule has 0 bridgehead atoms. The highest BCUT2D eigenvalue weighted by Gasteiger charge is 2.23. The summed E-state index contributed by atoms with van der Waals surface area (Å²) in [6.45, 7) is 1.70. The lowest BCUT2D eigenvalue weighted by Gasteiger charge is -2.22. The molecule has 1 heterocycles. The Hall–Kier alpha value is -1.90. The molecular weight excluding hydrogens is 328 g/mol. The molecular formula is C18H24O7. The highest BCUT2D eigenvalue weighted by atomic mass is 16.6. The van der Waals surface area contributed by atoms with Gasteiger partial charge in [0.15, 0.2) is 6.29 Å². The SMILES string of the molecule is C[C@H]1C/C=C\[C@H](O)[C@@H](O)[C@@H](O)C/C=C/c2cc(O)cc(O)c2[C@@H](O)O1. The van der Waals surface area contributed by atoms with Crippen LogP contribution in [-0.4, -0.2) is 55.1 Å². The van der Waals surface area contributed by atoms with Gasteiger partial charge in [0.25, 0.3) is 0 Å². The Labute approximate surface area is 145 Å². The van der Waals surface area contributed by atoms with Crippen LogP contribution in [0.15, 0.2) is 30.4 Å². The first-order valence-electron chi connectivity index (χ1n) is 8.06. The van der Waals surface area contributed by atoms with E-state index in [0.29, 0.717) is 12.0 Å². The summed E-state index contributed by atoms with van der Waals surface area (Å²) in [6, 6.07) is 2.44. The van der Waals surface area contributed by atoms with Crippen molar-refractivity contribution in [2.45, 2.75) is 50.5 Å². The molecule has 5 atom stereocenters. The zero-order valence-electron chi connectivity index (χ0n) is 13.9. The van der Waals surface area contributed by atoms with Crippen molar-refractivity contribution in [1.82, 2.24) is 0 Å². The van der Waals surface area contributed by atoms with Crippen LogP contribution in [0.1, 0.15) is 37.2 Å². The molecule has 1 aromatic carbocycles. The van der Waals surface area contributed by atoms with Crippen LogP contribution >= 0.6 is 0 Å². The summed E-state index contributed by atoms with van der Waals surface area (Å²) in [5.74, 6) is -0.515. The number of fused-ring (bicyclic) bond motifs is 1. The molecule has 1 aliphatic heterocycles. The van der Waals surface area contributed by atoms with Gasteiger partial charge >= 0.3 is 0 Å². The molecule has 0 radical (unpaired) electrons. The summed E-state index contributed by atoms with van der Waals surface area (Å²) in [4.78, 5) is 0. The summed E-state index contributed by atoms with van der Waals surface area (Å²) < 4.78 is 5.46. The highest BCUT2D eigenvalue weighted by Crippen LogP contribution is 2.34. The number of hydrogen-bond donors (Lipinski definition) is 6. The van der Waals surface area contributed by atoms with Gasteiger partial charge in [0.05, 0.1) is 17.8 Å². The number of ether oxygens (including phenoxy) is 1. The van der Waals surface area contributed by atoms with Crippen molar-refractivity contribution in [3.05, 3.63) is 41.5 Å². The van der Waals surface area contributed by atoms with E-state index < -0.39 is 30.7 Å². The second-order valence-electron chi connectivity index (χ2n) is 6.12. The second-order valence-corrected chi connectivity index (χ2v) is 6.12. The standard InChI is InChI=1S/C18H24O7/c1-10-4-2-6-13(20)17(23)14(21)7-3-5-11-8-12(19)9-15(22)16(11)18(24)25-10/h2-3,5-6,8-10,13-14,17-24H,4,7H2,1H3/b5-3+,6-2-/t10-,13-,14-,17+,18-/m0/s1. The quantitative estimate of drug-likeness (QED) is 0.383. The number of phenols is 2. The fraction of sp³-hybridized carbons (Fsp3) is 0.444. The Kier molecular flexibility index (Phi) is 6.57. The molecule has 0 amide bonds. The molecule has 1 aliphatic rings. The first-order valence-corrected chi connectivity index (χ1v) is 8.06. The minimum atomic E-state index is -1.42. The van der Waals surface area contributed by atoms with E-state index in [0.717, 1.165) is 6.07 Å². The molecule has 0 spiro atoms. The first kappa shape index (κ1) is 19.4. The third-order valence-corrected chi connectivity index (χ3v) is 4.00. The number of aromatic hydroxyl groups is 2. The van der Waals surface area contributed by atoms with Gasteiger partial charge in [-0.2, -0.15) is 0 Å². The van der Waals surface area contributed by atoms with E-state index in [9.17, 15) is 30.6 Å². The van der Waals surface area contributed by atoms with E-state index >= 15 is 0 Å². The fourth-order valence-electron chi connectivity index (χ4n) is 2.62. The van der Waals surface area contributed by atoms with E-state index in [1.54, 1.807) is 13.0 Å². The monoisotopic (exact) mass is 352 g/mol. The van der Waals surface area contributed by atoms with Crippen molar-refractivity contribution in [2.75, 3.05) is 0 Å². The van der Waals surface area contributed by atoms with E-state index in [2.05, 4.69) is 0 Å². The van der Waals surface area contributed by atoms with E-state index in [1.165, 1.54) is 24.3 Å². The molecule has 7 nitrogen and oxygen atoms in total. The van der Waals surface area contributed by atoms with Crippen LogP contribution < -0.4 is 0 Å². The Bertz CT molecular complexity index is 641. The molecule has 25 heavy (non-hydrogen) atoms. The van der Waals surface area contributed by atoms with Gasteiger partial charge in [-0.25, -0.2) is 0 Å². The Morgan fingerprint density at radius 2 is 1.72 bits per heavy atom. The average molecular weight is 352 g/mol. The Morgan fingerprint density at radius 3 is 2.44 bits per heavy atom. The van der Waals surface area contributed by atoms with E-state index in [1.807, 2.05) is 0 Å². The Morgan fingerprint density at radius 1 is 1.00 bits per heavy atom. The maximum atomic E-state index is 10.3. The maximum Gasteiger partial charge on any atom is 0.185 e. The lowest BCUT2D eigenvalue weighted by molar-refractivity contribution is -0.134. The van der Waals surface area contributed by atoms with E-state index in [-0.39, 0.29) is 23.5 Å². The van der Waals surface area contributed by atoms with Gasteiger partial charge in [0, 0.05) is 6.07 Å². The normalized spacial score (nSPS) is 33.9. The number of hydrogen-bond acceptors (Lipinski definition) is 7. The average Bonchev–Trinajstić information content (AvgIpc) is 2.52. The summed E-state index contributed by atoms with van der Waals surface area (Å²) in [6.07, 6.45) is 0.616. The zero-order valence-corrected chi connectivity index (χ0v) is 13.9. The third-order valence-electron chi connectivity index (χ3n) is 4.00. The summed E-state index contributed by atoms with van der Waals surface area (Å²) >= 11 is 0. The van der Waals surface area contributed by atoms with Gasteiger partial charge in [0.2, 0.25) is 0 Å². The maximum absolute atomic E-state index is 10.3. The molecule has 0 aliphatic carbocycles. The molecule has 7 heteroatoms. The molecule has 0 unspecified atom stereocenters. The number of benzene rings is 1. The van der Waals surface area contributed by atoms with Gasteiger partial charge in [-0.05, 0) is 31.4 Å². The van der Waals surface area contributed by atoms with Crippen LogP contribution in [0.3, 0.4) is 0 Å². The van der Waals surface area contributed by atoms with Gasteiger partial charge in [-0.15, -0.1) is 0 Å². The van der Waals surface area contributed by atoms with Crippen LogP contribution in [0.25, 0.3) is 6.08 Å². The predicted molar refractivity (Wildman–Crippen MR) is 90.7 cm³/mol. The summed E-state index contributed by atoms with van der Waals surface area (Å²) in [7, 11) is 0. The van der Waals surface area contributed by atoms with Crippen molar-refractivity contribution in [2.24, 2.45) is 0 Å². The minimum Gasteiger partial charge on any atom is -0.508 e. The Balaban J connectivity index is 2.40. The minimum absolute atomic E-state index is 0.0231. The van der Waals surface area contributed by atoms with Crippen molar-refractivity contribution in [1.29, 1.82) is 0 Å². The van der Waals surface area contributed by atoms with Crippen LogP contribution in [0.2, 0.25) is 0 Å². The van der Waals surface area contributed by atoms with Crippen LogP contribution in [0, 0.1) is 0 Å². The van der Waals surface area contributed by atoms with Crippen LogP contribution in [-0.2, 0) is 4.74 Å². The summed E-state index contributed by atoms with van der Waals surface area (Å²) in [5, 5.41) is 59.7. The van der Waals surface area contributed by atoms with Crippen molar-refractivity contribution in [3.63, 3.8) is 0 Å². The second kappa shape index (κ2) is 8.46. The molecule has 1 aromatic rings. The van der Waals surface area contributed by atoms with Gasteiger partial charge in [-0.3, -0.25) is 0 Å².